The Morgan fingerprint density at radius 1 is 1.03 bits per heavy atom. The second-order valence-electron chi connectivity index (χ2n) is 10.6. The molecule has 4 heteroatoms. The van der Waals surface area contributed by atoms with Gasteiger partial charge in [-0.3, -0.25) is 4.90 Å². The van der Waals surface area contributed by atoms with Crippen LogP contribution in [0.25, 0.3) is 22.3 Å². The van der Waals surface area contributed by atoms with Gasteiger partial charge in [-0.05, 0) is 72.9 Å². The van der Waals surface area contributed by atoms with Crippen molar-refractivity contribution in [2.45, 2.75) is 78.3 Å². The molecule has 0 aliphatic heterocycles. The fourth-order valence-corrected chi connectivity index (χ4v) is 5.05. The number of benzene rings is 2. The molecule has 2 aromatic carbocycles. The molecule has 1 aromatic heterocycles. The first-order valence-electron chi connectivity index (χ1n) is 14.1. The van der Waals surface area contributed by atoms with Crippen molar-refractivity contribution < 1.29 is 0 Å². The third-order valence-corrected chi connectivity index (χ3v) is 7.38. The van der Waals surface area contributed by atoms with Crippen molar-refractivity contribution >= 4 is 5.82 Å². The number of aryl methyl sites for hydroxylation is 2. The minimum Gasteiger partial charge on any atom is -0.389 e. The number of hydrogen-bond acceptors (Lipinski definition) is 4. The normalized spacial score (nSPS) is 13.2. The maximum atomic E-state index is 6.33. The molecule has 3 N–H and O–H groups in total. The summed E-state index contributed by atoms with van der Waals surface area (Å²) in [5.41, 5.74) is 16.0. The number of anilines is 1. The number of nitrogens with zero attached hydrogens (tertiary/aromatic N) is 2. The maximum Gasteiger partial charge on any atom is 0.131 e. The number of pyridine rings is 1. The van der Waals surface area contributed by atoms with Gasteiger partial charge in [-0.25, -0.2) is 4.98 Å². The smallest absolute Gasteiger partial charge is 0.131 e. The van der Waals surface area contributed by atoms with Gasteiger partial charge in [0.15, 0.2) is 0 Å². The van der Waals surface area contributed by atoms with Crippen LogP contribution in [-0.2, 0) is 13.0 Å². The number of nitrogen functional groups attached to an aromatic ring is 1. The highest BCUT2D eigenvalue weighted by atomic mass is 15.2. The lowest BCUT2D eigenvalue weighted by Gasteiger charge is -2.22. The molecule has 3 aromatic rings. The van der Waals surface area contributed by atoms with E-state index in [4.69, 9.17) is 5.73 Å². The third kappa shape index (κ3) is 7.45. The van der Waals surface area contributed by atoms with Gasteiger partial charge in [0.2, 0.25) is 0 Å². The highest BCUT2D eigenvalue weighted by Gasteiger charge is 2.28. The van der Waals surface area contributed by atoms with Gasteiger partial charge in [0.25, 0.3) is 0 Å². The first-order chi connectivity index (χ1) is 18.0. The van der Waals surface area contributed by atoms with E-state index in [9.17, 15) is 0 Å². The van der Waals surface area contributed by atoms with E-state index in [2.05, 4.69) is 91.1 Å². The molecule has 0 atom stereocenters. The van der Waals surface area contributed by atoms with Gasteiger partial charge in [-0.15, -0.1) is 0 Å². The molecule has 0 radical (unpaired) electrons. The largest absolute Gasteiger partial charge is 0.389 e. The van der Waals surface area contributed by atoms with Gasteiger partial charge < -0.3 is 11.1 Å². The second-order valence-corrected chi connectivity index (χ2v) is 10.6. The van der Waals surface area contributed by atoms with E-state index in [1.165, 1.54) is 40.8 Å². The highest BCUT2D eigenvalue weighted by Crippen LogP contribution is 2.32. The number of hydrogen-bond donors (Lipinski definition) is 2. The van der Waals surface area contributed by atoms with E-state index in [-0.39, 0.29) is 0 Å². The Labute approximate surface area is 224 Å². The van der Waals surface area contributed by atoms with E-state index in [1.807, 2.05) is 6.20 Å². The number of allylic oxidation sites excluding steroid dienone is 1. The molecule has 0 spiro atoms. The zero-order chi connectivity index (χ0) is 26.2. The molecule has 0 unspecified atom stereocenters. The van der Waals surface area contributed by atoms with Crippen LogP contribution in [0.5, 0.6) is 0 Å². The van der Waals surface area contributed by atoms with Crippen molar-refractivity contribution in [3.63, 3.8) is 0 Å². The SMILES string of the molecule is C=C(CCC)NCCCN(Cc1ccc(-c2cnc(N)c(-c3ccc(C)c(CCC)c3)c2)cc1)C1CC1. The fraction of sp³-hybridized carbons (Fsp3) is 0.424. The predicted octanol–water partition coefficient (Wildman–Crippen LogP) is 7.52. The van der Waals surface area contributed by atoms with Crippen LogP contribution in [0.15, 0.2) is 67.0 Å². The highest BCUT2D eigenvalue weighted by molar-refractivity contribution is 5.79. The Morgan fingerprint density at radius 2 is 1.78 bits per heavy atom. The summed E-state index contributed by atoms with van der Waals surface area (Å²) in [6.07, 6.45) is 10.1. The van der Waals surface area contributed by atoms with Crippen molar-refractivity contribution in [1.82, 2.24) is 15.2 Å². The summed E-state index contributed by atoms with van der Waals surface area (Å²) in [4.78, 5) is 7.20. The van der Waals surface area contributed by atoms with Crippen molar-refractivity contribution in [3.8, 4) is 22.3 Å². The lowest BCUT2D eigenvalue weighted by molar-refractivity contribution is 0.251. The van der Waals surface area contributed by atoms with Crippen molar-refractivity contribution in [3.05, 3.63) is 83.7 Å². The Bertz CT molecular complexity index is 1180. The molecule has 0 amide bonds. The molecular formula is C33H44N4. The topological polar surface area (TPSA) is 54.2 Å². The van der Waals surface area contributed by atoms with Crippen molar-refractivity contribution in [2.75, 3.05) is 18.8 Å². The monoisotopic (exact) mass is 496 g/mol. The number of rotatable bonds is 14. The van der Waals surface area contributed by atoms with Crippen LogP contribution in [0, 0.1) is 6.92 Å². The van der Waals surface area contributed by atoms with Crippen LogP contribution in [0.1, 0.15) is 69.1 Å². The molecule has 1 heterocycles. The number of aromatic nitrogens is 1. The summed E-state index contributed by atoms with van der Waals surface area (Å²) in [5, 5.41) is 3.48. The third-order valence-electron chi connectivity index (χ3n) is 7.38. The summed E-state index contributed by atoms with van der Waals surface area (Å²) in [7, 11) is 0. The summed E-state index contributed by atoms with van der Waals surface area (Å²) >= 11 is 0. The first kappa shape index (κ1) is 26.9. The van der Waals surface area contributed by atoms with Gasteiger partial charge in [-0.2, -0.15) is 0 Å². The zero-order valence-corrected chi connectivity index (χ0v) is 23.0. The minimum atomic E-state index is 0.583. The Balaban J connectivity index is 1.42. The van der Waals surface area contributed by atoms with Crippen molar-refractivity contribution in [2.24, 2.45) is 0 Å². The molecule has 1 fully saturated rings. The van der Waals surface area contributed by atoms with Gasteiger partial charge >= 0.3 is 0 Å². The lowest BCUT2D eigenvalue weighted by Crippen LogP contribution is -2.29. The minimum absolute atomic E-state index is 0.583. The Morgan fingerprint density at radius 3 is 2.49 bits per heavy atom. The average molecular weight is 497 g/mol. The predicted molar refractivity (Wildman–Crippen MR) is 158 cm³/mol. The summed E-state index contributed by atoms with van der Waals surface area (Å²) in [6.45, 7) is 13.9. The molecule has 1 aliphatic carbocycles. The van der Waals surface area contributed by atoms with Crippen molar-refractivity contribution in [1.29, 1.82) is 0 Å². The number of nitrogens with one attached hydrogen (secondary N) is 1. The fourth-order valence-electron chi connectivity index (χ4n) is 5.05. The quantitative estimate of drug-likeness (QED) is 0.227. The molecule has 4 rings (SSSR count). The van der Waals surface area contributed by atoms with Crippen LogP contribution in [0.3, 0.4) is 0 Å². The zero-order valence-electron chi connectivity index (χ0n) is 23.0. The van der Waals surface area contributed by atoms with Crippen LogP contribution >= 0.6 is 0 Å². The summed E-state index contributed by atoms with van der Waals surface area (Å²) in [5.74, 6) is 0.583. The Hall–Kier alpha value is -3.11. The van der Waals surface area contributed by atoms with E-state index >= 15 is 0 Å². The van der Waals surface area contributed by atoms with Crippen LogP contribution < -0.4 is 11.1 Å². The molecule has 1 aliphatic rings. The Kier molecular flexibility index (Phi) is 9.40. The molecule has 4 nitrogen and oxygen atoms in total. The van der Waals surface area contributed by atoms with E-state index < -0.39 is 0 Å². The summed E-state index contributed by atoms with van der Waals surface area (Å²) in [6, 6.07) is 18.6. The van der Waals surface area contributed by atoms with Gasteiger partial charge in [-0.1, -0.05) is 75.7 Å². The standard InChI is InChI=1S/C33H44N4/c1-5-8-25(4)35-18-7-19-37(31-16-17-31)23-26-11-14-27(15-12-26)30-21-32(33(34)36-22-30)29-13-10-24(3)28(20-29)9-6-2/h10-15,20-22,31,35H,4-9,16-19,23H2,1-3H3,(H2,34,36). The molecule has 37 heavy (non-hydrogen) atoms. The average Bonchev–Trinajstić information content (AvgIpc) is 3.74. The van der Waals surface area contributed by atoms with Crippen LogP contribution in [-0.4, -0.2) is 29.0 Å². The second kappa shape index (κ2) is 12.9. The molecule has 196 valence electrons. The van der Waals surface area contributed by atoms with E-state index in [0.717, 1.165) is 74.5 Å². The van der Waals surface area contributed by atoms with E-state index in [0.29, 0.717) is 5.82 Å². The van der Waals surface area contributed by atoms with Gasteiger partial charge in [0.1, 0.15) is 5.82 Å². The molecule has 0 saturated heterocycles. The van der Waals surface area contributed by atoms with Gasteiger partial charge in [0, 0.05) is 48.7 Å². The van der Waals surface area contributed by atoms with E-state index in [1.54, 1.807) is 0 Å². The molecule has 0 bridgehead atoms. The molecular weight excluding hydrogens is 452 g/mol. The van der Waals surface area contributed by atoms with Crippen LogP contribution in [0.4, 0.5) is 5.82 Å². The molecule has 1 saturated carbocycles. The maximum absolute atomic E-state index is 6.33. The van der Waals surface area contributed by atoms with Gasteiger partial charge in [0.05, 0.1) is 0 Å². The summed E-state index contributed by atoms with van der Waals surface area (Å²) < 4.78 is 0. The van der Waals surface area contributed by atoms with Crippen LogP contribution in [0.2, 0.25) is 0 Å². The first-order valence-corrected chi connectivity index (χ1v) is 14.1. The lowest BCUT2D eigenvalue weighted by atomic mass is 9.96. The number of nitrogens with two attached hydrogens (primary N) is 1.